The molecule has 2 heterocycles. The van der Waals surface area contributed by atoms with E-state index in [0.717, 1.165) is 36.8 Å². The van der Waals surface area contributed by atoms with Gasteiger partial charge in [-0.05, 0) is 36.1 Å². The van der Waals surface area contributed by atoms with E-state index >= 15 is 0 Å². The summed E-state index contributed by atoms with van der Waals surface area (Å²) in [5.41, 5.74) is 2.22. The molecule has 0 bridgehead atoms. The fraction of sp³-hybridized carbons (Fsp3) is 0.379. The third-order valence-corrected chi connectivity index (χ3v) is 7.15. The Morgan fingerprint density at radius 2 is 1.79 bits per heavy atom. The summed E-state index contributed by atoms with van der Waals surface area (Å²) in [6.07, 6.45) is 6.36. The summed E-state index contributed by atoms with van der Waals surface area (Å²) in [7, 11) is 1.53. The number of hydrogen-bond donors (Lipinski definition) is 1. The van der Waals surface area contributed by atoms with Gasteiger partial charge in [0.1, 0.15) is 12.6 Å². The van der Waals surface area contributed by atoms with Crippen molar-refractivity contribution in [1.82, 2.24) is 14.9 Å². The van der Waals surface area contributed by atoms with Crippen LogP contribution in [0, 0.1) is 0 Å². The smallest absolute Gasteiger partial charge is 0.326 e. The number of carbonyl (C=O) groups is 2. The first-order valence-electron chi connectivity index (χ1n) is 12.9. The number of ether oxygens (including phenoxy) is 3. The highest BCUT2D eigenvalue weighted by molar-refractivity contribution is 5.88. The second kappa shape index (κ2) is 11.6. The highest BCUT2D eigenvalue weighted by Gasteiger charge is 2.41. The van der Waals surface area contributed by atoms with E-state index in [1.165, 1.54) is 12.0 Å². The van der Waals surface area contributed by atoms with Crippen LogP contribution in [-0.2, 0) is 33.9 Å². The predicted molar refractivity (Wildman–Crippen MR) is 138 cm³/mol. The molecule has 9 heteroatoms. The Hall–Kier alpha value is -3.98. The van der Waals surface area contributed by atoms with Crippen LogP contribution in [0.3, 0.4) is 0 Å². The second-order valence-electron chi connectivity index (χ2n) is 9.55. The van der Waals surface area contributed by atoms with Crippen LogP contribution >= 0.6 is 0 Å². The number of hydrogen-bond acceptors (Lipinski definition) is 7. The summed E-state index contributed by atoms with van der Waals surface area (Å²) in [5, 5.41) is 10.2. The Morgan fingerprint density at radius 3 is 2.47 bits per heavy atom. The number of carbonyl (C=O) groups excluding carboxylic acids is 1. The van der Waals surface area contributed by atoms with E-state index in [1.54, 1.807) is 24.5 Å². The van der Waals surface area contributed by atoms with Gasteiger partial charge in [-0.3, -0.25) is 4.79 Å². The molecule has 0 saturated heterocycles. The number of nitrogens with zero attached hydrogens (tertiary/aromatic N) is 3. The minimum atomic E-state index is -1.09. The number of carboxylic acids is 1. The van der Waals surface area contributed by atoms with Crippen molar-refractivity contribution < 1.29 is 28.9 Å². The van der Waals surface area contributed by atoms with Gasteiger partial charge in [0.15, 0.2) is 23.4 Å². The highest BCUT2D eigenvalue weighted by Crippen LogP contribution is 2.40. The average Bonchev–Trinajstić information content (AvgIpc) is 3.48. The van der Waals surface area contributed by atoms with Crippen LogP contribution in [0.5, 0.6) is 11.5 Å². The van der Waals surface area contributed by atoms with Crippen molar-refractivity contribution in [2.24, 2.45) is 0 Å². The molecular weight excluding hydrogens is 486 g/mol. The van der Waals surface area contributed by atoms with Crippen LogP contribution in [0.4, 0.5) is 0 Å². The van der Waals surface area contributed by atoms with Crippen molar-refractivity contribution in [2.75, 3.05) is 7.11 Å². The van der Waals surface area contributed by atoms with E-state index in [-0.39, 0.29) is 31.6 Å². The number of aromatic nitrogens is 2. The molecule has 5 rings (SSSR count). The molecule has 2 aromatic carbocycles. The zero-order valence-corrected chi connectivity index (χ0v) is 21.3. The minimum absolute atomic E-state index is 0.0195. The van der Waals surface area contributed by atoms with Crippen LogP contribution in [0.25, 0.3) is 0 Å². The number of methoxy groups -OCH3 is 1. The topological polar surface area (TPSA) is 111 Å². The quantitative estimate of drug-likeness (QED) is 0.452. The maximum absolute atomic E-state index is 14.0. The number of aliphatic carboxylic acids is 1. The molecule has 1 aliphatic heterocycles. The first kappa shape index (κ1) is 25.7. The van der Waals surface area contributed by atoms with Gasteiger partial charge in [-0.1, -0.05) is 49.2 Å². The van der Waals surface area contributed by atoms with Gasteiger partial charge in [-0.15, -0.1) is 0 Å². The van der Waals surface area contributed by atoms with Crippen molar-refractivity contribution in [3.05, 3.63) is 83.4 Å². The Bertz CT molecular complexity index is 1260. The lowest BCUT2D eigenvalue weighted by atomic mass is 9.91. The van der Waals surface area contributed by atoms with E-state index in [4.69, 9.17) is 14.2 Å². The summed E-state index contributed by atoms with van der Waals surface area (Å²) < 4.78 is 17.9. The molecule has 1 saturated carbocycles. The van der Waals surface area contributed by atoms with Crippen LogP contribution in [-0.4, -0.2) is 51.1 Å². The standard InChI is InChI=1S/C29H31N3O6/c1-36-24-13-12-20-17-32(28(33)26(19-8-3-2-4-9-19)38-21-10-5-6-11-21)23(29(34)35)16-22(20)27(24)37-18-25-30-14-7-15-31-25/h2-4,7-9,12-15,21,23,26H,5-6,10-11,16-18H2,1H3,(H,34,35). The number of benzene rings is 2. The number of fused-ring (bicyclic) bond motifs is 1. The summed E-state index contributed by atoms with van der Waals surface area (Å²) in [6.45, 7) is 0.212. The normalized spacial score (nSPS) is 18.0. The monoisotopic (exact) mass is 517 g/mol. The molecule has 2 unspecified atom stereocenters. The predicted octanol–water partition coefficient (Wildman–Crippen LogP) is 4.10. The highest BCUT2D eigenvalue weighted by atomic mass is 16.5. The van der Waals surface area contributed by atoms with Crippen LogP contribution in [0.1, 0.15) is 54.3 Å². The average molecular weight is 518 g/mol. The van der Waals surface area contributed by atoms with Crippen LogP contribution in [0.15, 0.2) is 60.9 Å². The lowest BCUT2D eigenvalue weighted by Crippen LogP contribution is -2.50. The molecule has 1 fully saturated rings. The third kappa shape index (κ3) is 5.47. The van der Waals surface area contributed by atoms with E-state index < -0.39 is 18.1 Å². The van der Waals surface area contributed by atoms with Gasteiger partial charge in [-0.25, -0.2) is 14.8 Å². The maximum Gasteiger partial charge on any atom is 0.326 e. The summed E-state index contributed by atoms with van der Waals surface area (Å²) in [5.74, 6) is -0.0220. The van der Waals surface area contributed by atoms with Crippen molar-refractivity contribution in [3.63, 3.8) is 0 Å². The van der Waals surface area contributed by atoms with Gasteiger partial charge in [-0.2, -0.15) is 0 Å². The number of amides is 1. The Kier molecular flexibility index (Phi) is 7.83. The van der Waals surface area contributed by atoms with Crippen LogP contribution in [0.2, 0.25) is 0 Å². The molecule has 1 N–H and O–H groups in total. The van der Waals surface area contributed by atoms with E-state index in [0.29, 0.717) is 22.9 Å². The molecule has 38 heavy (non-hydrogen) atoms. The second-order valence-corrected chi connectivity index (χ2v) is 9.55. The van der Waals surface area contributed by atoms with Crippen molar-refractivity contribution >= 4 is 11.9 Å². The molecule has 1 amide bonds. The molecule has 0 spiro atoms. The summed E-state index contributed by atoms with van der Waals surface area (Å²) in [6, 6.07) is 13.6. The van der Waals surface area contributed by atoms with Gasteiger partial charge in [0, 0.05) is 30.9 Å². The zero-order valence-electron chi connectivity index (χ0n) is 21.3. The fourth-order valence-corrected chi connectivity index (χ4v) is 5.20. The molecular formula is C29H31N3O6. The summed E-state index contributed by atoms with van der Waals surface area (Å²) in [4.78, 5) is 36.3. The van der Waals surface area contributed by atoms with Gasteiger partial charge in [0.2, 0.25) is 0 Å². The van der Waals surface area contributed by atoms with E-state index in [1.807, 2.05) is 36.4 Å². The molecule has 1 aliphatic carbocycles. The first-order valence-corrected chi connectivity index (χ1v) is 12.9. The lowest BCUT2D eigenvalue weighted by Gasteiger charge is -2.37. The van der Waals surface area contributed by atoms with E-state index in [2.05, 4.69) is 9.97 Å². The Balaban J connectivity index is 1.46. The first-order chi connectivity index (χ1) is 18.5. The van der Waals surface area contributed by atoms with Gasteiger partial charge in [0.25, 0.3) is 5.91 Å². The fourth-order valence-electron chi connectivity index (χ4n) is 5.20. The SMILES string of the molecule is COc1ccc2c(c1OCc1ncccn1)CC(C(=O)O)N(C(=O)C(OC1CCCC1)c1ccccc1)C2. The molecule has 0 radical (unpaired) electrons. The Morgan fingerprint density at radius 1 is 1.05 bits per heavy atom. The molecule has 2 aliphatic rings. The van der Waals surface area contributed by atoms with Crippen molar-refractivity contribution in [1.29, 1.82) is 0 Å². The molecule has 198 valence electrons. The molecule has 2 atom stereocenters. The van der Waals surface area contributed by atoms with Gasteiger partial charge in [0.05, 0.1) is 13.2 Å². The third-order valence-electron chi connectivity index (χ3n) is 7.15. The number of rotatable bonds is 9. The van der Waals surface area contributed by atoms with Crippen molar-refractivity contribution in [2.45, 2.75) is 63.5 Å². The lowest BCUT2D eigenvalue weighted by molar-refractivity contribution is -0.160. The maximum atomic E-state index is 14.0. The van der Waals surface area contributed by atoms with Crippen molar-refractivity contribution in [3.8, 4) is 11.5 Å². The zero-order chi connectivity index (χ0) is 26.5. The molecule has 3 aromatic rings. The van der Waals surface area contributed by atoms with Crippen LogP contribution < -0.4 is 9.47 Å². The summed E-state index contributed by atoms with van der Waals surface area (Å²) >= 11 is 0. The van der Waals surface area contributed by atoms with Gasteiger partial charge < -0.3 is 24.2 Å². The molecule has 9 nitrogen and oxygen atoms in total. The Labute approximate surface area is 221 Å². The van der Waals surface area contributed by atoms with E-state index in [9.17, 15) is 14.7 Å². The number of carboxylic acid groups (broad SMARTS) is 1. The van der Waals surface area contributed by atoms with Gasteiger partial charge >= 0.3 is 5.97 Å². The largest absolute Gasteiger partial charge is 0.493 e. The minimum Gasteiger partial charge on any atom is -0.493 e. The molecule has 1 aromatic heterocycles.